The highest BCUT2D eigenvalue weighted by Crippen LogP contribution is 2.24. The summed E-state index contributed by atoms with van der Waals surface area (Å²) in [5.74, 6) is 0.124. The van der Waals surface area contributed by atoms with Crippen LogP contribution in [0.1, 0.15) is 32.8 Å². The van der Waals surface area contributed by atoms with Gasteiger partial charge >= 0.3 is 0 Å². The minimum atomic E-state index is -3.69. The van der Waals surface area contributed by atoms with E-state index in [0.717, 1.165) is 22.7 Å². The number of carbonyl (C=O) groups is 1. The average molecular weight is 432 g/mol. The molecule has 0 radical (unpaired) electrons. The van der Waals surface area contributed by atoms with Gasteiger partial charge in [0.25, 0.3) is 5.91 Å². The van der Waals surface area contributed by atoms with Gasteiger partial charge in [-0.05, 0) is 63.4 Å². The minimum Gasteiger partial charge on any atom is -0.494 e. The van der Waals surface area contributed by atoms with Crippen molar-refractivity contribution in [1.82, 2.24) is 5.43 Å². The zero-order chi connectivity index (χ0) is 22.1. The first-order chi connectivity index (χ1) is 14.2. The van der Waals surface area contributed by atoms with E-state index in [1.165, 1.54) is 12.5 Å². The Morgan fingerprint density at radius 1 is 1.13 bits per heavy atom. The van der Waals surface area contributed by atoms with Crippen LogP contribution in [0, 0.1) is 0 Å². The number of nitrogens with one attached hydrogen (secondary N) is 1. The number of hydrazone groups is 1. The Morgan fingerprint density at radius 2 is 1.77 bits per heavy atom. The Bertz CT molecular complexity index is 958. The maximum Gasteiger partial charge on any atom is 0.263 e. The molecule has 0 heterocycles. The Kier molecular flexibility index (Phi) is 8.41. The topological polar surface area (TPSA) is 88.1 Å². The van der Waals surface area contributed by atoms with Crippen molar-refractivity contribution in [3.63, 3.8) is 0 Å². The van der Waals surface area contributed by atoms with E-state index in [1.54, 1.807) is 24.3 Å². The van der Waals surface area contributed by atoms with Crippen LogP contribution in [0.2, 0.25) is 0 Å². The third-order valence-electron chi connectivity index (χ3n) is 4.47. The first-order valence-corrected chi connectivity index (χ1v) is 11.7. The van der Waals surface area contributed by atoms with Gasteiger partial charge in [-0.3, -0.25) is 9.10 Å². The van der Waals surface area contributed by atoms with Crippen molar-refractivity contribution in [3.8, 4) is 5.75 Å². The lowest BCUT2D eigenvalue weighted by Crippen LogP contribution is -2.46. The molecule has 0 fully saturated rings. The Hall–Kier alpha value is -2.87. The second kappa shape index (κ2) is 10.8. The molecule has 0 aliphatic carbocycles. The van der Waals surface area contributed by atoms with Crippen LogP contribution in [0.15, 0.2) is 59.7 Å². The molecule has 1 amide bonds. The molecule has 0 saturated heterocycles. The van der Waals surface area contributed by atoms with E-state index in [1.807, 2.05) is 44.2 Å². The summed E-state index contributed by atoms with van der Waals surface area (Å²) in [6.07, 6.45) is 2.57. The number of hydrogen-bond donors (Lipinski definition) is 1. The summed E-state index contributed by atoms with van der Waals surface area (Å²) in [4.78, 5) is 12.6. The lowest BCUT2D eigenvalue weighted by atomic mass is 10.1. The number of rotatable bonds is 10. The molecule has 8 heteroatoms. The van der Waals surface area contributed by atoms with Crippen molar-refractivity contribution in [2.75, 3.05) is 17.2 Å². The predicted molar refractivity (Wildman–Crippen MR) is 120 cm³/mol. The van der Waals surface area contributed by atoms with Crippen LogP contribution in [0.4, 0.5) is 5.69 Å². The SMILES string of the molecule is CCOc1ccc(N([C@H](C)C(=O)N/N=C(/C)CCc2ccccc2)S(C)(=O)=O)cc1. The van der Waals surface area contributed by atoms with Crippen molar-refractivity contribution < 1.29 is 17.9 Å². The lowest BCUT2D eigenvalue weighted by molar-refractivity contribution is -0.121. The molecule has 0 saturated carbocycles. The predicted octanol–water partition coefficient (Wildman–Crippen LogP) is 3.36. The third-order valence-corrected chi connectivity index (χ3v) is 5.71. The Labute approximate surface area is 178 Å². The second-order valence-electron chi connectivity index (χ2n) is 6.97. The van der Waals surface area contributed by atoms with Gasteiger partial charge in [-0.1, -0.05) is 30.3 Å². The number of benzene rings is 2. The van der Waals surface area contributed by atoms with E-state index in [0.29, 0.717) is 24.5 Å². The van der Waals surface area contributed by atoms with Gasteiger partial charge in [0.05, 0.1) is 18.6 Å². The van der Waals surface area contributed by atoms with E-state index >= 15 is 0 Å². The monoisotopic (exact) mass is 431 g/mol. The van der Waals surface area contributed by atoms with Crippen molar-refractivity contribution in [1.29, 1.82) is 0 Å². The van der Waals surface area contributed by atoms with Gasteiger partial charge in [-0.25, -0.2) is 13.8 Å². The van der Waals surface area contributed by atoms with Gasteiger partial charge < -0.3 is 4.74 Å². The summed E-state index contributed by atoms with van der Waals surface area (Å²) in [6.45, 7) is 5.73. The van der Waals surface area contributed by atoms with Crippen molar-refractivity contribution in [2.45, 2.75) is 39.7 Å². The fraction of sp³-hybridized carbons (Fsp3) is 0.364. The fourth-order valence-electron chi connectivity index (χ4n) is 2.93. The first kappa shape index (κ1) is 23.4. The van der Waals surface area contributed by atoms with E-state index in [-0.39, 0.29) is 0 Å². The molecule has 30 heavy (non-hydrogen) atoms. The molecule has 1 N–H and O–H groups in total. The van der Waals surface area contributed by atoms with Gasteiger partial charge in [-0.2, -0.15) is 5.10 Å². The molecular formula is C22H29N3O4S. The summed E-state index contributed by atoms with van der Waals surface area (Å²) >= 11 is 0. The first-order valence-electron chi connectivity index (χ1n) is 9.81. The van der Waals surface area contributed by atoms with E-state index < -0.39 is 22.0 Å². The van der Waals surface area contributed by atoms with Crippen LogP contribution in [-0.4, -0.2) is 38.9 Å². The van der Waals surface area contributed by atoms with E-state index in [4.69, 9.17) is 4.74 Å². The van der Waals surface area contributed by atoms with Crippen LogP contribution >= 0.6 is 0 Å². The van der Waals surface area contributed by atoms with Crippen molar-refractivity contribution in [2.24, 2.45) is 5.10 Å². The molecule has 1 atom stereocenters. The van der Waals surface area contributed by atoms with Crippen LogP contribution < -0.4 is 14.5 Å². The molecule has 0 spiro atoms. The van der Waals surface area contributed by atoms with Crippen LogP contribution in [0.25, 0.3) is 0 Å². The molecule has 0 aromatic heterocycles. The number of carbonyl (C=O) groups excluding carboxylic acids is 1. The number of ether oxygens (including phenoxy) is 1. The number of hydrogen-bond acceptors (Lipinski definition) is 5. The maximum absolute atomic E-state index is 12.6. The minimum absolute atomic E-state index is 0.383. The molecule has 2 aromatic carbocycles. The lowest BCUT2D eigenvalue weighted by Gasteiger charge is -2.27. The third kappa shape index (κ3) is 6.88. The number of sulfonamides is 1. The van der Waals surface area contributed by atoms with Crippen molar-refractivity contribution in [3.05, 3.63) is 60.2 Å². The summed E-state index contributed by atoms with van der Waals surface area (Å²) in [7, 11) is -3.69. The van der Waals surface area contributed by atoms with Gasteiger partial charge in [0, 0.05) is 5.71 Å². The fourth-order valence-corrected chi connectivity index (χ4v) is 4.11. The summed E-state index contributed by atoms with van der Waals surface area (Å²) in [5.41, 5.74) is 4.82. The van der Waals surface area contributed by atoms with E-state index in [9.17, 15) is 13.2 Å². The smallest absolute Gasteiger partial charge is 0.263 e. The van der Waals surface area contributed by atoms with Gasteiger partial charge in [-0.15, -0.1) is 0 Å². The number of amides is 1. The normalized spacial score (nSPS) is 12.9. The van der Waals surface area contributed by atoms with E-state index in [2.05, 4.69) is 10.5 Å². The molecule has 2 rings (SSSR count). The summed E-state index contributed by atoms with van der Waals surface area (Å²) < 4.78 is 31.2. The second-order valence-corrected chi connectivity index (χ2v) is 8.83. The average Bonchev–Trinajstić information content (AvgIpc) is 2.71. The molecule has 7 nitrogen and oxygen atoms in total. The number of anilines is 1. The molecule has 0 bridgehead atoms. The standard InChI is InChI=1S/C22H29N3O4S/c1-5-29-21-15-13-20(14-16-21)25(30(4,27)28)18(3)22(26)24-23-17(2)11-12-19-9-7-6-8-10-19/h6-10,13-16,18H,5,11-12H2,1-4H3,(H,24,26)/b23-17-/t18-/m1/s1. The molecule has 2 aromatic rings. The van der Waals surface area contributed by atoms with Crippen LogP contribution in [0.3, 0.4) is 0 Å². The maximum atomic E-state index is 12.6. The highest BCUT2D eigenvalue weighted by atomic mass is 32.2. The summed E-state index contributed by atoms with van der Waals surface area (Å²) in [5, 5.41) is 4.13. The van der Waals surface area contributed by atoms with Gasteiger partial charge in [0.1, 0.15) is 11.8 Å². The highest BCUT2D eigenvalue weighted by Gasteiger charge is 2.29. The van der Waals surface area contributed by atoms with Crippen LogP contribution in [0.5, 0.6) is 5.75 Å². The molecule has 0 unspecified atom stereocenters. The highest BCUT2D eigenvalue weighted by molar-refractivity contribution is 7.92. The molecule has 0 aliphatic heterocycles. The quantitative estimate of drug-likeness (QED) is 0.461. The largest absolute Gasteiger partial charge is 0.494 e. The Balaban J connectivity index is 2.06. The van der Waals surface area contributed by atoms with Crippen molar-refractivity contribution >= 4 is 27.3 Å². The zero-order valence-corrected chi connectivity index (χ0v) is 18.6. The van der Waals surface area contributed by atoms with Gasteiger partial charge in [0.2, 0.25) is 10.0 Å². The van der Waals surface area contributed by atoms with Gasteiger partial charge in [0.15, 0.2) is 0 Å². The number of aryl methyl sites for hydroxylation is 1. The molecular weight excluding hydrogens is 402 g/mol. The zero-order valence-electron chi connectivity index (χ0n) is 17.8. The summed E-state index contributed by atoms with van der Waals surface area (Å²) in [6, 6.07) is 15.6. The number of nitrogens with zero attached hydrogens (tertiary/aromatic N) is 2. The Morgan fingerprint density at radius 3 is 2.33 bits per heavy atom. The molecule has 0 aliphatic rings. The molecule has 162 valence electrons. The van der Waals surface area contributed by atoms with Crippen LogP contribution in [-0.2, 0) is 21.2 Å².